The fourth-order valence-electron chi connectivity index (χ4n) is 2.98. The number of ether oxygens (including phenoxy) is 2. The summed E-state index contributed by atoms with van der Waals surface area (Å²) in [5, 5.41) is 0. The van der Waals surface area contributed by atoms with Crippen molar-refractivity contribution in [2.45, 2.75) is 12.8 Å². The fraction of sp³-hybridized carbons (Fsp3) is 0.438. The molecular formula is C16H18O3. The first kappa shape index (κ1) is 12.3. The maximum Gasteiger partial charge on any atom is 0.309 e. The van der Waals surface area contributed by atoms with Crippen molar-refractivity contribution in [3.8, 4) is 5.75 Å². The number of hydrogen-bond acceptors (Lipinski definition) is 3. The number of fused-ring (bicyclic) bond motifs is 2. The van der Waals surface area contributed by atoms with Gasteiger partial charge >= 0.3 is 5.97 Å². The molecule has 1 fully saturated rings. The fourth-order valence-corrected chi connectivity index (χ4v) is 2.98. The Kier molecular flexibility index (Phi) is 3.53. The molecule has 0 radical (unpaired) electrons. The van der Waals surface area contributed by atoms with Crippen LogP contribution in [0.15, 0.2) is 42.5 Å². The number of esters is 1. The van der Waals surface area contributed by atoms with Gasteiger partial charge in [0.25, 0.3) is 0 Å². The maximum atomic E-state index is 11.9. The van der Waals surface area contributed by atoms with E-state index in [1.54, 1.807) is 0 Å². The second kappa shape index (κ2) is 5.47. The Hall–Kier alpha value is -1.77. The molecule has 100 valence electrons. The van der Waals surface area contributed by atoms with Crippen LogP contribution >= 0.6 is 0 Å². The van der Waals surface area contributed by atoms with Gasteiger partial charge in [0.05, 0.1) is 5.92 Å². The van der Waals surface area contributed by atoms with Crippen molar-refractivity contribution >= 4 is 5.97 Å². The molecule has 1 aromatic carbocycles. The van der Waals surface area contributed by atoms with Gasteiger partial charge in [-0.25, -0.2) is 0 Å². The molecule has 0 heterocycles. The van der Waals surface area contributed by atoms with Crippen molar-refractivity contribution in [1.82, 2.24) is 0 Å². The van der Waals surface area contributed by atoms with Gasteiger partial charge < -0.3 is 9.47 Å². The molecule has 0 N–H and O–H groups in total. The third kappa shape index (κ3) is 2.80. The monoisotopic (exact) mass is 258 g/mol. The smallest absolute Gasteiger partial charge is 0.309 e. The number of hydrogen-bond donors (Lipinski definition) is 0. The van der Waals surface area contributed by atoms with Gasteiger partial charge in [0.1, 0.15) is 19.0 Å². The van der Waals surface area contributed by atoms with Crippen LogP contribution < -0.4 is 4.74 Å². The maximum absolute atomic E-state index is 11.9. The first-order chi connectivity index (χ1) is 9.33. The average molecular weight is 258 g/mol. The first-order valence-electron chi connectivity index (χ1n) is 6.86. The lowest BCUT2D eigenvalue weighted by Crippen LogP contribution is -2.23. The van der Waals surface area contributed by atoms with Gasteiger partial charge in [-0.1, -0.05) is 30.4 Å². The molecule has 2 aliphatic carbocycles. The number of allylic oxidation sites excluding steroid dienone is 2. The number of para-hydroxylation sites is 1. The molecule has 0 spiro atoms. The largest absolute Gasteiger partial charge is 0.490 e. The lowest BCUT2D eigenvalue weighted by Gasteiger charge is -2.16. The van der Waals surface area contributed by atoms with Crippen molar-refractivity contribution in [3.63, 3.8) is 0 Å². The van der Waals surface area contributed by atoms with E-state index in [0.29, 0.717) is 25.0 Å². The van der Waals surface area contributed by atoms with Crippen molar-refractivity contribution in [1.29, 1.82) is 0 Å². The quantitative estimate of drug-likeness (QED) is 0.463. The van der Waals surface area contributed by atoms with Gasteiger partial charge in [0.2, 0.25) is 0 Å². The minimum absolute atomic E-state index is 0.0616. The van der Waals surface area contributed by atoms with Crippen LogP contribution in [0.4, 0.5) is 0 Å². The van der Waals surface area contributed by atoms with Crippen LogP contribution in [0.1, 0.15) is 12.8 Å². The average Bonchev–Trinajstić information content (AvgIpc) is 3.07. The molecule has 0 aliphatic heterocycles. The molecule has 3 heteroatoms. The molecular weight excluding hydrogens is 240 g/mol. The normalized spacial score (nSPS) is 27.5. The standard InChI is InChI=1S/C16H18O3/c17-16(15-11-12-6-7-13(15)10-12)19-9-8-18-14-4-2-1-3-5-14/h1-7,12-13,15H,8-11H2. The Morgan fingerprint density at radius 3 is 2.63 bits per heavy atom. The lowest BCUT2D eigenvalue weighted by atomic mass is 9.94. The van der Waals surface area contributed by atoms with Crippen LogP contribution in [0.2, 0.25) is 0 Å². The second-order valence-electron chi connectivity index (χ2n) is 5.22. The Morgan fingerprint density at radius 2 is 1.95 bits per heavy atom. The summed E-state index contributed by atoms with van der Waals surface area (Å²) in [6.07, 6.45) is 6.48. The highest BCUT2D eigenvalue weighted by Gasteiger charge is 2.40. The molecule has 1 aromatic rings. The van der Waals surface area contributed by atoms with E-state index in [4.69, 9.17) is 9.47 Å². The van der Waals surface area contributed by atoms with Crippen LogP contribution in [-0.4, -0.2) is 19.2 Å². The van der Waals surface area contributed by atoms with Crippen LogP contribution in [0.5, 0.6) is 5.75 Å². The highest BCUT2D eigenvalue weighted by Crippen LogP contribution is 2.43. The molecule has 0 saturated heterocycles. The molecule has 3 nitrogen and oxygen atoms in total. The van der Waals surface area contributed by atoms with Crippen molar-refractivity contribution < 1.29 is 14.3 Å². The summed E-state index contributed by atoms with van der Waals surface area (Å²) >= 11 is 0. The lowest BCUT2D eigenvalue weighted by molar-refractivity contribution is -0.150. The third-order valence-electron chi connectivity index (χ3n) is 3.92. The Bertz CT molecular complexity index is 466. The van der Waals surface area contributed by atoms with Crippen LogP contribution in [0.3, 0.4) is 0 Å². The van der Waals surface area contributed by atoms with E-state index >= 15 is 0 Å². The minimum atomic E-state index is -0.0616. The zero-order valence-corrected chi connectivity index (χ0v) is 10.8. The molecule has 2 bridgehead atoms. The van der Waals surface area contributed by atoms with Crippen LogP contribution in [-0.2, 0) is 9.53 Å². The van der Waals surface area contributed by atoms with E-state index in [-0.39, 0.29) is 11.9 Å². The molecule has 0 amide bonds. The summed E-state index contributed by atoms with van der Waals surface area (Å²) in [6, 6.07) is 9.56. The molecule has 3 unspecified atom stereocenters. The van der Waals surface area contributed by atoms with Gasteiger partial charge in [0, 0.05) is 0 Å². The number of carbonyl (C=O) groups excluding carboxylic acids is 1. The van der Waals surface area contributed by atoms with E-state index in [0.717, 1.165) is 18.6 Å². The van der Waals surface area contributed by atoms with Gasteiger partial charge in [0.15, 0.2) is 0 Å². The topological polar surface area (TPSA) is 35.5 Å². The zero-order valence-electron chi connectivity index (χ0n) is 10.8. The molecule has 19 heavy (non-hydrogen) atoms. The minimum Gasteiger partial charge on any atom is -0.490 e. The zero-order chi connectivity index (χ0) is 13.1. The summed E-state index contributed by atoms with van der Waals surface area (Å²) in [7, 11) is 0. The van der Waals surface area contributed by atoms with E-state index < -0.39 is 0 Å². The van der Waals surface area contributed by atoms with Gasteiger partial charge in [-0.05, 0) is 36.8 Å². The Morgan fingerprint density at radius 1 is 1.11 bits per heavy atom. The van der Waals surface area contributed by atoms with Crippen LogP contribution in [0, 0.1) is 17.8 Å². The highest BCUT2D eigenvalue weighted by atomic mass is 16.6. The second-order valence-corrected chi connectivity index (χ2v) is 5.22. The molecule has 0 aromatic heterocycles. The van der Waals surface area contributed by atoms with Gasteiger partial charge in [-0.3, -0.25) is 4.79 Å². The summed E-state index contributed by atoms with van der Waals surface area (Å²) in [5.41, 5.74) is 0. The van der Waals surface area contributed by atoms with Crippen molar-refractivity contribution in [3.05, 3.63) is 42.5 Å². The van der Waals surface area contributed by atoms with Crippen molar-refractivity contribution in [2.24, 2.45) is 17.8 Å². The summed E-state index contributed by atoms with van der Waals surface area (Å²) in [5.74, 6) is 1.83. The number of benzene rings is 1. The van der Waals surface area contributed by atoms with E-state index in [2.05, 4.69) is 12.2 Å². The van der Waals surface area contributed by atoms with Crippen molar-refractivity contribution in [2.75, 3.05) is 13.2 Å². The van der Waals surface area contributed by atoms with E-state index in [9.17, 15) is 4.79 Å². The number of rotatable bonds is 5. The molecule has 2 aliphatic rings. The predicted molar refractivity (Wildman–Crippen MR) is 71.7 cm³/mol. The molecule has 3 atom stereocenters. The summed E-state index contributed by atoms with van der Waals surface area (Å²) in [6.45, 7) is 0.734. The predicted octanol–water partition coefficient (Wildman–Crippen LogP) is 2.82. The molecule has 3 rings (SSSR count). The van der Waals surface area contributed by atoms with Crippen LogP contribution in [0.25, 0.3) is 0 Å². The summed E-state index contributed by atoms with van der Waals surface area (Å²) < 4.78 is 10.8. The van der Waals surface area contributed by atoms with E-state index in [1.165, 1.54) is 0 Å². The highest BCUT2D eigenvalue weighted by molar-refractivity contribution is 5.74. The molecule has 1 saturated carbocycles. The number of carbonyl (C=O) groups is 1. The Balaban J connectivity index is 1.39. The summed E-state index contributed by atoms with van der Waals surface area (Å²) in [4.78, 5) is 11.9. The van der Waals surface area contributed by atoms with Gasteiger partial charge in [-0.2, -0.15) is 0 Å². The van der Waals surface area contributed by atoms with E-state index in [1.807, 2.05) is 30.3 Å². The third-order valence-corrected chi connectivity index (χ3v) is 3.92. The first-order valence-corrected chi connectivity index (χ1v) is 6.86. The SMILES string of the molecule is O=C(OCCOc1ccccc1)C1CC2C=CC1C2. The Labute approximate surface area is 113 Å². The van der Waals surface area contributed by atoms with Gasteiger partial charge in [-0.15, -0.1) is 0 Å².